The van der Waals surface area contributed by atoms with Crippen LogP contribution in [0, 0.1) is 0 Å². The summed E-state index contributed by atoms with van der Waals surface area (Å²) in [6.07, 6.45) is 0. The summed E-state index contributed by atoms with van der Waals surface area (Å²) in [4.78, 5) is 38.8. The van der Waals surface area contributed by atoms with Gasteiger partial charge in [-0.1, -0.05) is 30.3 Å². The number of aliphatic hydroxyl groups is 1. The lowest BCUT2D eigenvalue weighted by atomic mass is 9.93. The minimum Gasteiger partial charge on any atom is -0.394 e. The molecule has 0 fully saturated rings. The summed E-state index contributed by atoms with van der Waals surface area (Å²) >= 11 is 0. The number of aromatic amines is 2. The fourth-order valence-corrected chi connectivity index (χ4v) is 1.92. The van der Waals surface area contributed by atoms with E-state index in [9.17, 15) is 19.5 Å². The van der Waals surface area contributed by atoms with Gasteiger partial charge in [-0.2, -0.15) is 0 Å². The molecule has 4 N–H and O–H groups in total. The van der Waals surface area contributed by atoms with Crippen molar-refractivity contribution in [3.63, 3.8) is 0 Å². The van der Waals surface area contributed by atoms with Gasteiger partial charge in [0.25, 0.3) is 11.5 Å². The number of nitrogens with one attached hydrogen (secondary N) is 3. The average molecular weight is 289 g/mol. The van der Waals surface area contributed by atoms with E-state index in [4.69, 9.17) is 0 Å². The van der Waals surface area contributed by atoms with Gasteiger partial charge in [-0.25, -0.2) is 4.79 Å². The Morgan fingerprint density at radius 3 is 2.48 bits per heavy atom. The first-order valence-corrected chi connectivity index (χ1v) is 6.27. The van der Waals surface area contributed by atoms with Crippen molar-refractivity contribution in [3.8, 4) is 0 Å². The van der Waals surface area contributed by atoms with Crippen LogP contribution in [0.15, 0.2) is 46.0 Å². The zero-order valence-corrected chi connectivity index (χ0v) is 11.3. The molecule has 0 bridgehead atoms. The number of aromatic nitrogens is 2. The number of rotatable bonds is 4. The largest absolute Gasteiger partial charge is 0.394 e. The Kier molecular flexibility index (Phi) is 4.04. The molecule has 0 saturated heterocycles. The highest BCUT2D eigenvalue weighted by molar-refractivity contribution is 5.92. The Morgan fingerprint density at radius 2 is 1.90 bits per heavy atom. The maximum atomic E-state index is 12.2. The van der Waals surface area contributed by atoms with Crippen molar-refractivity contribution in [2.45, 2.75) is 12.5 Å². The first kappa shape index (κ1) is 14.7. The maximum Gasteiger partial charge on any atom is 0.326 e. The van der Waals surface area contributed by atoms with E-state index >= 15 is 0 Å². The molecular formula is C14H15N3O4. The average Bonchev–Trinajstić information content (AvgIpc) is 2.47. The van der Waals surface area contributed by atoms with Crippen molar-refractivity contribution in [1.82, 2.24) is 15.3 Å². The molecule has 2 rings (SSSR count). The zero-order valence-electron chi connectivity index (χ0n) is 11.3. The lowest BCUT2D eigenvalue weighted by Gasteiger charge is -2.29. The third-order valence-corrected chi connectivity index (χ3v) is 3.12. The van der Waals surface area contributed by atoms with Crippen molar-refractivity contribution < 1.29 is 9.90 Å². The Morgan fingerprint density at radius 1 is 1.24 bits per heavy atom. The van der Waals surface area contributed by atoms with E-state index in [-0.39, 0.29) is 12.3 Å². The van der Waals surface area contributed by atoms with Gasteiger partial charge in [0.15, 0.2) is 0 Å². The normalized spacial score (nSPS) is 13.4. The highest BCUT2D eigenvalue weighted by atomic mass is 16.3. The molecule has 0 spiro atoms. The minimum atomic E-state index is -1.03. The van der Waals surface area contributed by atoms with E-state index in [1.54, 1.807) is 31.2 Å². The molecule has 0 aliphatic carbocycles. The highest BCUT2D eigenvalue weighted by Gasteiger charge is 2.28. The molecule has 1 aromatic heterocycles. The van der Waals surface area contributed by atoms with Crippen molar-refractivity contribution >= 4 is 5.91 Å². The van der Waals surface area contributed by atoms with E-state index in [0.717, 1.165) is 6.07 Å². The van der Waals surface area contributed by atoms with Gasteiger partial charge in [0.05, 0.1) is 12.1 Å². The number of carbonyl (C=O) groups excluding carboxylic acids is 1. The van der Waals surface area contributed by atoms with Crippen molar-refractivity contribution in [2.75, 3.05) is 6.61 Å². The van der Waals surface area contributed by atoms with Crippen molar-refractivity contribution in [1.29, 1.82) is 0 Å². The molecular weight excluding hydrogens is 274 g/mol. The Balaban J connectivity index is 2.32. The number of amides is 1. The number of H-pyrrole nitrogens is 2. The van der Waals surface area contributed by atoms with Crippen LogP contribution in [0.2, 0.25) is 0 Å². The SMILES string of the molecule is CC(CO)(NC(=O)c1cc(=O)[nH]c(=O)[nH]1)c1ccccc1. The maximum absolute atomic E-state index is 12.2. The second-order valence-corrected chi connectivity index (χ2v) is 4.81. The Hall–Kier alpha value is -2.67. The number of aliphatic hydroxyl groups excluding tert-OH is 1. The first-order chi connectivity index (χ1) is 9.94. The standard InChI is InChI=1S/C14H15N3O4/c1-14(8-18,9-5-3-2-4-6-9)17-12(20)10-7-11(19)16-13(21)15-10/h2-7,18H,8H2,1H3,(H,17,20)(H2,15,16,19,21). The van der Waals surface area contributed by atoms with Crippen LogP contribution in [-0.2, 0) is 5.54 Å². The van der Waals surface area contributed by atoms with Gasteiger partial charge in [-0.05, 0) is 12.5 Å². The number of carbonyl (C=O) groups is 1. The first-order valence-electron chi connectivity index (χ1n) is 6.27. The Labute approximate surface area is 119 Å². The smallest absolute Gasteiger partial charge is 0.326 e. The molecule has 21 heavy (non-hydrogen) atoms. The summed E-state index contributed by atoms with van der Waals surface area (Å²) in [5, 5.41) is 12.2. The molecule has 1 aromatic carbocycles. The second-order valence-electron chi connectivity index (χ2n) is 4.81. The summed E-state index contributed by atoms with van der Waals surface area (Å²) in [5.41, 5.74) is -1.93. The number of hydrogen-bond donors (Lipinski definition) is 4. The van der Waals surface area contributed by atoms with Gasteiger partial charge in [0, 0.05) is 6.07 Å². The molecule has 110 valence electrons. The van der Waals surface area contributed by atoms with E-state index in [2.05, 4.69) is 10.3 Å². The second kappa shape index (κ2) is 5.76. The molecule has 0 saturated carbocycles. The van der Waals surface area contributed by atoms with Gasteiger partial charge in [-0.15, -0.1) is 0 Å². The lowest BCUT2D eigenvalue weighted by molar-refractivity contribution is 0.0844. The van der Waals surface area contributed by atoms with Crippen LogP contribution in [0.25, 0.3) is 0 Å². The predicted molar refractivity (Wildman–Crippen MR) is 76.0 cm³/mol. The van der Waals surface area contributed by atoms with Crippen LogP contribution >= 0.6 is 0 Å². The lowest BCUT2D eigenvalue weighted by Crippen LogP contribution is -2.47. The van der Waals surface area contributed by atoms with Crippen LogP contribution < -0.4 is 16.6 Å². The number of benzene rings is 1. The van der Waals surface area contributed by atoms with Gasteiger partial charge < -0.3 is 15.4 Å². The quantitative estimate of drug-likeness (QED) is 0.618. The molecule has 7 nitrogen and oxygen atoms in total. The molecule has 1 unspecified atom stereocenters. The van der Waals surface area contributed by atoms with E-state index < -0.39 is 22.7 Å². The molecule has 0 aliphatic heterocycles. The summed E-state index contributed by atoms with van der Waals surface area (Å²) in [6.45, 7) is 1.31. The van der Waals surface area contributed by atoms with Gasteiger partial charge >= 0.3 is 5.69 Å². The van der Waals surface area contributed by atoms with Gasteiger partial charge in [-0.3, -0.25) is 14.6 Å². The summed E-state index contributed by atoms with van der Waals surface area (Å²) in [6, 6.07) is 9.89. The fourth-order valence-electron chi connectivity index (χ4n) is 1.92. The summed E-state index contributed by atoms with van der Waals surface area (Å²) < 4.78 is 0. The summed E-state index contributed by atoms with van der Waals surface area (Å²) in [7, 11) is 0. The van der Waals surface area contributed by atoms with Gasteiger partial charge in [0.1, 0.15) is 5.69 Å². The van der Waals surface area contributed by atoms with Crippen molar-refractivity contribution in [2.24, 2.45) is 0 Å². The van der Waals surface area contributed by atoms with Crippen LogP contribution in [0.1, 0.15) is 23.0 Å². The molecule has 0 aliphatic rings. The third-order valence-electron chi connectivity index (χ3n) is 3.12. The van der Waals surface area contributed by atoms with E-state index in [1.807, 2.05) is 11.1 Å². The molecule has 1 heterocycles. The Bertz CT molecular complexity index is 722. The molecule has 1 amide bonds. The third kappa shape index (κ3) is 3.26. The fraction of sp³-hybridized carbons (Fsp3) is 0.214. The summed E-state index contributed by atoms with van der Waals surface area (Å²) in [5.74, 6) is -0.654. The van der Waals surface area contributed by atoms with E-state index in [1.165, 1.54) is 0 Å². The molecule has 7 heteroatoms. The topological polar surface area (TPSA) is 115 Å². The molecule has 1 atom stereocenters. The van der Waals surface area contributed by atoms with Crippen LogP contribution in [0.3, 0.4) is 0 Å². The van der Waals surface area contributed by atoms with Crippen molar-refractivity contribution in [3.05, 3.63) is 68.5 Å². The molecule has 2 aromatic rings. The monoisotopic (exact) mass is 289 g/mol. The van der Waals surface area contributed by atoms with Crippen LogP contribution in [0.4, 0.5) is 0 Å². The number of hydrogen-bond acceptors (Lipinski definition) is 4. The van der Waals surface area contributed by atoms with Crippen LogP contribution in [0.5, 0.6) is 0 Å². The highest BCUT2D eigenvalue weighted by Crippen LogP contribution is 2.20. The van der Waals surface area contributed by atoms with Crippen LogP contribution in [-0.4, -0.2) is 27.6 Å². The van der Waals surface area contributed by atoms with Gasteiger partial charge in [0.2, 0.25) is 0 Å². The minimum absolute atomic E-state index is 0.167. The zero-order chi connectivity index (χ0) is 15.5. The van der Waals surface area contributed by atoms with E-state index in [0.29, 0.717) is 5.56 Å². The predicted octanol–water partition coefficient (Wildman–Crippen LogP) is -0.299. The molecule has 0 radical (unpaired) electrons.